The average Bonchev–Trinajstić information content (AvgIpc) is 3.33. The molecule has 6 heteroatoms. The van der Waals surface area contributed by atoms with Crippen molar-refractivity contribution in [1.82, 2.24) is 20.2 Å². The summed E-state index contributed by atoms with van der Waals surface area (Å²) in [6.45, 7) is 5.54. The molecule has 1 aromatic heterocycles. The minimum atomic E-state index is 0. The highest BCUT2D eigenvalue weighted by molar-refractivity contribution is 14.0. The fraction of sp³-hybridized carbons (Fsp3) is 0.500. The maximum absolute atomic E-state index is 4.93. The van der Waals surface area contributed by atoms with Gasteiger partial charge in [-0.25, -0.2) is 4.98 Å². The lowest BCUT2D eigenvalue weighted by molar-refractivity contribution is 0.452. The largest absolute Gasteiger partial charge is 0.357 e. The summed E-state index contributed by atoms with van der Waals surface area (Å²) in [5, 5.41) is 6.81. The molecule has 0 aliphatic heterocycles. The molecule has 142 valence electrons. The van der Waals surface area contributed by atoms with E-state index in [4.69, 9.17) is 4.99 Å². The molecular formula is C20H30IN5. The number of aromatic nitrogens is 2. The van der Waals surface area contributed by atoms with Crippen molar-refractivity contribution < 1.29 is 0 Å². The predicted molar refractivity (Wildman–Crippen MR) is 118 cm³/mol. The second-order valence-electron chi connectivity index (χ2n) is 6.78. The Hall–Kier alpha value is -1.57. The zero-order chi connectivity index (χ0) is 17.4. The van der Waals surface area contributed by atoms with Gasteiger partial charge in [-0.3, -0.25) is 4.99 Å². The number of hydrogen-bond acceptors (Lipinski definition) is 2. The Morgan fingerprint density at radius 2 is 1.96 bits per heavy atom. The van der Waals surface area contributed by atoms with Crippen molar-refractivity contribution in [1.29, 1.82) is 0 Å². The number of hydrogen-bond donors (Lipinski definition) is 2. The molecule has 1 aliphatic carbocycles. The number of nitrogens with zero attached hydrogens (tertiary/aromatic N) is 3. The van der Waals surface area contributed by atoms with Crippen molar-refractivity contribution in [3.05, 3.63) is 54.6 Å². The smallest absolute Gasteiger partial charge is 0.191 e. The van der Waals surface area contributed by atoms with Gasteiger partial charge in [0.25, 0.3) is 0 Å². The zero-order valence-corrected chi connectivity index (χ0v) is 17.9. The van der Waals surface area contributed by atoms with Crippen LogP contribution in [0.5, 0.6) is 0 Å². The third kappa shape index (κ3) is 5.46. The molecule has 3 rings (SSSR count). The number of rotatable bonds is 7. The minimum Gasteiger partial charge on any atom is -0.357 e. The van der Waals surface area contributed by atoms with Crippen LogP contribution >= 0.6 is 24.0 Å². The molecule has 0 unspecified atom stereocenters. The van der Waals surface area contributed by atoms with Crippen LogP contribution in [0, 0.1) is 0 Å². The zero-order valence-electron chi connectivity index (χ0n) is 15.5. The van der Waals surface area contributed by atoms with Crippen LogP contribution in [0.4, 0.5) is 0 Å². The second-order valence-corrected chi connectivity index (χ2v) is 6.78. The predicted octanol–water partition coefficient (Wildman–Crippen LogP) is 3.57. The fourth-order valence-electron chi connectivity index (χ4n) is 3.68. The van der Waals surface area contributed by atoms with Crippen molar-refractivity contribution in [2.24, 2.45) is 4.99 Å². The van der Waals surface area contributed by atoms with Crippen LogP contribution in [-0.4, -0.2) is 35.1 Å². The van der Waals surface area contributed by atoms with E-state index < -0.39 is 0 Å². The van der Waals surface area contributed by atoms with Crippen LogP contribution in [0.3, 0.4) is 0 Å². The quantitative estimate of drug-likeness (QED) is 0.372. The van der Waals surface area contributed by atoms with Gasteiger partial charge in [0, 0.05) is 37.4 Å². The number of nitrogens with one attached hydrogen (secondary N) is 2. The highest BCUT2D eigenvalue weighted by atomic mass is 127. The van der Waals surface area contributed by atoms with Crippen molar-refractivity contribution in [2.45, 2.75) is 44.6 Å². The molecule has 0 radical (unpaired) electrons. The van der Waals surface area contributed by atoms with Gasteiger partial charge < -0.3 is 15.2 Å². The minimum absolute atomic E-state index is 0. The summed E-state index contributed by atoms with van der Waals surface area (Å²) >= 11 is 0. The first-order valence-electron chi connectivity index (χ1n) is 9.36. The molecule has 0 spiro atoms. The molecule has 1 aromatic carbocycles. The van der Waals surface area contributed by atoms with Crippen LogP contribution in [0.1, 0.15) is 38.2 Å². The van der Waals surface area contributed by atoms with Crippen LogP contribution in [0.25, 0.3) is 0 Å². The highest BCUT2D eigenvalue weighted by Gasteiger charge is 2.35. The van der Waals surface area contributed by atoms with Gasteiger partial charge in [-0.1, -0.05) is 43.2 Å². The Bertz CT molecular complexity index is 648. The fourth-order valence-corrected chi connectivity index (χ4v) is 3.68. The van der Waals surface area contributed by atoms with Gasteiger partial charge in [0.1, 0.15) is 0 Å². The molecule has 0 saturated heterocycles. The lowest BCUT2D eigenvalue weighted by atomic mass is 9.79. The van der Waals surface area contributed by atoms with E-state index in [2.05, 4.69) is 57.4 Å². The molecule has 0 amide bonds. The summed E-state index contributed by atoms with van der Waals surface area (Å²) in [6.07, 6.45) is 10.7. The van der Waals surface area contributed by atoms with Gasteiger partial charge in [0.05, 0.1) is 12.9 Å². The van der Waals surface area contributed by atoms with Gasteiger partial charge in [0.2, 0.25) is 0 Å². The maximum atomic E-state index is 4.93. The third-order valence-corrected chi connectivity index (χ3v) is 5.05. The summed E-state index contributed by atoms with van der Waals surface area (Å²) < 4.78 is 2.07. The van der Waals surface area contributed by atoms with Gasteiger partial charge in [-0.2, -0.15) is 0 Å². The molecule has 2 aromatic rings. The van der Waals surface area contributed by atoms with E-state index in [9.17, 15) is 0 Å². The van der Waals surface area contributed by atoms with Gasteiger partial charge in [0.15, 0.2) is 5.96 Å². The van der Waals surface area contributed by atoms with E-state index in [0.717, 1.165) is 32.1 Å². The van der Waals surface area contributed by atoms with E-state index in [1.165, 1.54) is 31.2 Å². The molecule has 0 bridgehead atoms. The van der Waals surface area contributed by atoms with E-state index in [1.807, 2.05) is 18.7 Å². The summed E-state index contributed by atoms with van der Waals surface area (Å²) in [4.78, 5) is 9.01. The molecule has 26 heavy (non-hydrogen) atoms. The Morgan fingerprint density at radius 3 is 2.62 bits per heavy atom. The number of guanidine groups is 1. The Balaban J connectivity index is 0.00000243. The Morgan fingerprint density at radius 1 is 1.19 bits per heavy atom. The maximum Gasteiger partial charge on any atom is 0.191 e. The molecule has 1 saturated carbocycles. The first-order chi connectivity index (χ1) is 12.3. The van der Waals surface area contributed by atoms with E-state index in [0.29, 0.717) is 0 Å². The van der Waals surface area contributed by atoms with Gasteiger partial charge >= 0.3 is 0 Å². The number of halogens is 1. The Kier molecular flexibility index (Phi) is 8.41. The highest BCUT2D eigenvalue weighted by Crippen LogP contribution is 2.41. The van der Waals surface area contributed by atoms with Crippen molar-refractivity contribution in [2.75, 3.05) is 19.6 Å². The number of imidazole rings is 1. The van der Waals surface area contributed by atoms with Crippen LogP contribution < -0.4 is 10.6 Å². The topological polar surface area (TPSA) is 54.2 Å². The van der Waals surface area contributed by atoms with Crippen LogP contribution in [0.15, 0.2) is 54.0 Å². The van der Waals surface area contributed by atoms with Crippen LogP contribution in [-0.2, 0) is 12.0 Å². The van der Waals surface area contributed by atoms with E-state index >= 15 is 0 Å². The second kappa shape index (κ2) is 10.5. The molecular weight excluding hydrogens is 437 g/mol. The summed E-state index contributed by atoms with van der Waals surface area (Å²) in [5.74, 6) is 0.907. The number of aliphatic imine (C=N–C) groups is 1. The first kappa shape index (κ1) is 20.7. The summed E-state index contributed by atoms with van der Waals surface area (Å²) in [5.41, 5.74) is 1.64. The van der Waals surface area contributed by atoms with Crippen molar-refractivity contribution >= 4 is 29.9 Å². The molecule has 1 heterocycles. The Labute approximate surface area is 173 Å². The summed E-state index contributed by atoms with van der Waals surface area (Å²) in [7, 11) is 0. The lowest BCUT2D eigenvalue weighted by Crippen LogP contribution is -2.40. The van der Waals surface area contributed by atoms with E-state index in [1.54, 1.807) is 0 Å². The molecule has 0 atom stereocenters. The van der Waals surface area contributed by atoms with Crippen molar-refractivity contribution in [3.63, 3.8) is 0 Å². The number of benzene rings is 1. The van der Waals surface area contributed by atoms with Crippen molar-refractivity contribution in [3.8, 4) is 0 Å². The average molecular weight is 467 g/mol. The molecule has 1 aliphatic rings. The van der Waals surface area contributed by atoms with Gasteiger partial charge in [-0.15, -0.1) is 24.0 Å². The van der Waals surface area contributed by atoms with Crippen LogP contribution in [0.2, 0.25) is 0 Å². The normalized spacial score (nSPS) is 16.1. The van der Waals surface area contributed by atoms with E-state index in [-0.39, 0.29) is 29.4 Å². The molecule has 1 fully saturated rings. The monoisotopic (exact) mass is 467 g/mol. The summed E-state index contributed by atoms with van der Waals surface area (Å²) in [6, 6.07) is 10.9. The molecule has 2 N–H and O–H groups in total. The van der Waals surface area contributed by atoms with Gasteiger partial charge in [-0.05, 0) is 25.3 Å². The lowest BCUT2D eigenvalue weighted by Gasteiger charge is -2.28. The standard InChI is InChI=1S/C20H29N5.HI/c1-2-22-19(23-13-15-25-14-12-21-17-25)24-16-20(10-6-7-11-20)18-8-4-3-5-9-18;/h3-5,8-9,12,14,17H,2,6-7,10-11,13,15-16H2,1H3,(H2,22,23,24);1H. The third-order valence-electron chi connectivity index (χ3n) is 5.05. The SMILES string of the molecule is CCNC(=NCC1(c2ccccc2)CCCC1)NCCn1ccnc1.I. The molecule has 5 nitrogen and oxygen atoms in total. The first-order valence-corrected chi connectivity index (χ1v) is 9.36.